The van der Waals surface area contributed by atoms with E-state index in [0.29, 0.717) is 0 Å². The maximum atomic E-state index is 2.31. The van der Waals surface area contributed by atoms with Crippen LogP contribution in [0.2, 0.25) is 0 Å². The molecule has 0 aliphatic carbocycles. The smallest absolute Gasteiger partial charge is 0.0318 e. The summed E-state index contributed by atoms with van der Waals surface area (Å²) in [5, 5.41) is 0.873. The maximum Gasteiger partial charge on any atom is 0.0318 e. The Kier molecular flexibility index (Phi) is 2.01. The molecule has 0 aromatic carbocycles. The lowest BCUT2D eigenvalue weighted by Crippen LogP contribution is -1.79. The predicted molar refractivity (Wildman–Crippen MR) is 40.2 cm³/mol. The van der Waals surface area contributed by atoms with Gasteiger partial charge in [0.25, 0.3) is 0 Å². The standard InChI is InChI=1S/C7H12S/c1-6(2)3-4-7-5-8-7/h3-4,6-7H,5H2,1-2H3/b4-3+. The molecule has 0 nitrogen and oxygen atoms in total. The van der Waals surface area contributed by atoms with Crippen molar-refractivity contribution in [1.82, 2.24) is 0 Å². The zero-order chi connectivity index (χ0) is 5.98. The molecule has 1 aliphatic rings. The van der Waals surface area contributed by atoms with Crippen LogP contribution in [-0.2, 0) is 0 Å². The van der Waals surface area contributed by atoms with E-state index >= 15 is 0 Å². The van der Waals surface area contributed by atoms with Gasteiger partial charge in [0.15, 0.2) is 0 Å². The summed E-state index contributed by atoms with van der Waals surface area (Å²) in [5.41, 5.74) is 0. The van der Waals surface area contributed by atoms with Crippen molar-refractivity contribution in [1.29, 1.82) is 0 Å². The molecule has 1 fully saturated rings. The van der Waals surface area contributed by atoms with Gasteiger partial charge in [-0.15, -0.1) is 0 Å². The molecule has 0 aromatic heterocycles. The fourth-order valence-electron chi connectivity index (χ4n) is 0.513. The molecule has 8 heavy (non-hydrogen) atoms. The van der Waals surface area contributed by atoms with Crippen LogP contribution in [0, 0.1) is 5.92 Å². The Labute approximate surface area is 55.4 Å². The van der Waals surface area contributed by atoms with E-state index in [-0.39, 0.29) is 0 Å². The Balaban J connectivity index is 2.13. The SMILES string of the molecule is CC(C)/C=C/C1CS1. The lowest BCUT2D eigenvalue weighted by Gasteiger charge is -1.89. The molecular formula is C7H12S. The van der Waals surface area contributed by atoms with Crippen LogP contribution >= 0.6 is 11.8 Å². The summed E-state index contributed by atoms with van der Waals surface area (Å²) in [5.74, 6) is 2.08. The third-order valence-corrected chi connectivity index (χ3v) is 1.95. The molecule has 1 atom stereocenters. The van der Waals surface area contributed by atoms with Gasteiger partial charge in [-0.05, 0) is 5.92 Å². The van der Waals surface area contributed by atoms with Crippen molar-refractivity contribution in [2.75, 3.05) is 5.75 Å². The predicted octanol–water partition coefficient (Wildman–Crippen LogP) is 2.31. The van der Waals surface area contributed by atoms with Crippen LogP contribution in [0.1, 0.15) is 13.8 Å². The van der Waals surface area contributed by atoms with Crippen molar-refractivity contribution in [3.8, 4) is 0 Å². The quantitative estimate of drug-likeness (QED) is 0.406. The fourth-order valence-corrected chi connectivity index (χ4v) is 0.937. The van der Waals surface area contributed by atoms with Gasteiger partial charge in [-0.3, -0.25) is 0 Å². The van der Waals surface area contributed by atoms with Gasteiger partial charge in [-0.2, -0.15) is 11.8 Å². The van der Waals surface area contributed by atoms with Gasteiger partial charge in [0.1, 0.15) is 0 Å². The van der Waals surface area contributed by atoms with Crippen molar-refractivity contribution < 1.29 is 0 Å². The molecule has 0 saturated carbocycles. The van der Waals surface area contributed by atoms with Gasteiger partial charge in [0, 0.05) is 11.0 Å². The highest BCUT2D eigenvalue weighted by Gasteiger charge is 2.17. The Morgan fingerprint density at radius 3 is 2.62 bits per heavy atom. The Bertz CT molecular complexity index is 86.6. The molecular weight excluding hydrogens is 116 g/mol. The van der Waals surface area contributed by atoms with Gasteiger partial charge in [-0.25, -0.2) is 0 Å². The van der Waals surface area contributed by atoms with Crippen molar-refractivity contribution in [3.05, 3.63) is 12.2 Å². The van der Waals surface area contributed by atoms with Crippen LogP contribution < -0.4 is 0 Å². The van der Waals surface area contributed by atoms with Gasteiger partial charge in [-0.1, -0.05) is 26.0 Å². The molecule has 0 spiro atoms. The van der Waals surface area contributed by atoms with Crippen molar-refractivity contribution in [3.63, 3.8) is 0 Å². The zero-order valence-corrected chi connectivity index (χ0v) is 6.24. The molecule has 1 rings (SSSR count). The second kappa shape index (κ2) is 2.58. The molecule has 0 bridgehead atoms. The summed E-state index contributed by atoms with van der Waals surface area (Å²) >= 11 is 2.02. The molecule has 1 heteroatoms. The summed E-state index contributed by atoms with van der Waals surface area (Å²) in [6.45, 7) is 4.42. The molecule has 0 radical (unpaired) electrons. The minimum absolute atomic E-state index is 0.733. The third-order valence-electron chi connectivity index (χ3n) is 1.07. The van der Waals surface area contributed by atoms with Crippen LogP contribution in [0.3, 0.4) is 0 Å². The van der Waals surface area contributed by atoms with Crippen molar-refractivity contribution in [2.45, 2.75) is 19.1 Å². The van der Waals surface area contributed by atoms with Crippen LogP contribution in [-0.4, -0.2) is 11.0 Å². The summed E-state index contributed by atoms with van der Waals surface area (Å²) in [4.78, 5) is 0. The molecule has 0 amide bonds. The Morgan fingerprint density at radius 1 is 1.62 bits per heavy atom. The van der Waals surface area contributed by atoms with Gasteiger partial charge < -0.3 is 0 Å². The first-order valence-corrected chi connectivity index (χ1v) is 4.14. The lowest BCUT2D eigenvalue weighted by molar-refractivity contribution is 0.828. The highest BCUT2D eigenvalue weighted by Crippen LogP contribution is 2.31. The molecule has 1 aliphatic heterocycles. The van der Waals surface area contributed by atoms with E-state index in [2.05, 4.69) is 26.0 Å². The molecule has 1 unspecified atom stereocenters. The maximum absolute atomic E-state index is 2.31. The van der Waals surface area contributed by atoms with E-state index in [1.165, 1.54) is 5.75 Å². The van der Waals surface area contributed by atoms with Crippen LogP contribution in [0.4, 0.5) is 0 Å². The summed E-state index contributed by atoms with van der Waals surface area (Å²) in [6.07, 6.45) is 4.60. The summed E-state index contributed by atoms with van der Waals surface area (Å²) < 4.78 is 0. The number of hydrogen-bond acceptors (Lipinski definition) is 1. The fraction of sp³-hybridized carbons (Fsp3) is 0.714. The van der Waals surface area contributed by atoms with Gasteiger partial charge in [0.2, 0.25) is 0 Å². The first-order valence-electron chi connectivity index (χ1n) is 3.09. The van der Waals surface area contributed by atoms with E-state index in [4.69, 9.17) is 0 Å². The molecule has 46 valence electrons. The highest BCUT2D eigenvalue weighted by molar-refractivity contribution is 8.07. The van der Waals surface area contributed by atoms with Crippen molar-refractivity contribution in [2.24, 2.45) is 5.92 Å². The summed E-state index contributed by atoms with van der Waals surface area (Å²) in [7, 11) is 0. The van der Waals surface area contributed by atoms with Crippen LogP contribution in [0.5, 0.6) is 0 Å². The van der Waals surface area contributed by atoms with E-state index in [1.54, 1.807) is 0 Å². The van der Waals surface area contributed by atoms with E-state index in [0.717, 1.165) is 11.2 Å². The second-order valence-electron chi connectivity index (χ2n) is 2.50. The molecule has 0 aromatic rings. The Hall–Kier alpha value is 0.0900. The molecule has 1 saturated heterocycles. The number of allylic oxidation sites excluding steroid dienone is 1. The largest absolute Gasteiger partial charge is 0.152 e. The van der Waals surface area contributed by atoms with Crippen molar-refractivity contribution >= 4 is 11.8 Å². The number of rotatable bonds is 2. The minimum atomic E-state index is 0.733. The monoisotopic (exact) mass is 128 g/mol. The van der Waals surface area contributed by atoms with Gasteiger partial charge >= 0.3 is 0 Å². The Morgan fingerprint density at radius 2 is 2.25 bits per heavy atom. The van der Waals surface area contributed by atoms with Crippen LogP contribution in [0.25, 0.3) is 0 Å². The normalized spacial score (nSPS) is 27.6. The number of hydrogen-bond donors (Lipinski definition) is 0. The van der Waals surface area contributed by atoms with E-state index in [1.807, 2.05) is 11.8 Å². The average Bonchev–Trinajstić information content (AvgIpc) is 2.41. The van der Waals surface area contributed by atoms with Crippen LogP contribution in [0.15, 0.2) is 12.2 Å². The van der Waals surface area contributed by atoms with E-state index in [9.17, 15) is 0 Å². The summed E-state index contributed by atoms with van der Waals surface area (Å²) in [6, 6.07) is 0. The lowest BCUT2D eigenvalue weighted by atomic mass is 10.2. The highest BCUT2D eigenvalue weighted by atomic mass is 32.2. The topological polar surface area (TPSA) is 0 Å². The minimum Gasteiger partial charge on any atom is -0.152 e. The average molecular weight is 128 g/mol. The first kappa shape index (κ1) is 6.21. The number of thioether (sulfide) groups is 1. The zero-order valence-electron chi connectivity index (χ0n) is 5.42. The third kappa shape index (κ3) is 2.41. The second-order valence-corrected chi connectivity index (χ2v) is 3.77. The molecule has 0 N–H and O–H groups in total. The first-order chi connectivity index (χ1) is 3.79. The molecule has 1 heterocycles. The van der Waals surface area contributed by atoms with E-state index < -0.39 is 0 Å². The van der Waals surface area contributed by atoms with Gasteiger partial charge in [0.05, 0.1) is 0 Å².